The number of hydrogen-bond acceptors (Lipinski definition) is 4. The highest BCUT2D eigenvalue weighted by Crippen LogP contribution is 2.21. The average molecular weight is 191 g/mol. The third-order valence-corrected chi connectivity index (χ3v) is 2.48. The molecule has 0 bridgehead atoms. The largest absolute Gasteiger partial charge is 0.382 e. The molecule has 0 atom stereocenters. The Hall–Kier alpha value is -1.70. The lowest BCUT2D eigenvalue weighted by atomic mass is 10.1. The van der Waals surface area contributed by atoms with Crippen LogP contribution < -0.4 is 10.6 Å². The summed E-state index contributed by atoms with van der Waals surface area (Å²) in [5.74, 6) is 1.23. The van der Waals surface area contributed by atoms with Crippen molar-refractivity contribution >= 4 is 11.6 Å². The fraction of sp³-hybridized carbons (Fsp3) is 0.556. The summed E-state index contributed by atoms with van der Waals surface area (Å²) >= 11 is 0. The summed E-state index contributed by atoms with van der Waals surface area (Å²) in [7, 11) is 0. The molecule has 0 aromatic carbocycles. The van der Waals surface area contributed by atoms with E-state index in [0.717, 1.165) is 18.9 Å². The molecule has 0 spiro atoms. The number of nitrogens with zero attached hydrogens (tertiary/aromatic N) is 4. The first-order chi connectivity index (χ1) is 6.81. The second kappa shape index (κ2) is 3.58. The normalized spacial score (nSPS) is 16.6. The van der Waals surface area contributed by atoms with E-state index >= 15 is 0 Å². The van der Waals surface area contributed by atoms with E-state index in [0.29, 0.717) is 5.82 Å². The van der Waals surface area contributed by atoms with E-state index in [9.17, 15) is 0 Å². The molecule has 1 aromatic rings. The molecule has 2 heterocycles. The summed E-state index contributed by atoms with van der Waals surface area (Å²) < 4.78 is 1.29. The Morgan fingerprint density at radius 2 is 2.07 bits per heavy atom. The maximum atomic E-state index is 8.83. The van der Waals surface area contributed by atoms with Gasteiger partial charge in [0.1, 0.15) is 11.6 Å². The molecule has 2 N–H and O–H groups in total. The maximum Gasteiger partial charge on any atom is 0.208 e. The molecular formula is C9H13N5. The second-order valence-electron chi connectivity index (χ2n) is 3.49. The summed E-state index contributed by atoms with van der Waals surface area (Å²) in [6.45, 7) is 1.99. The maximum absolute atomic E-state index is 8.83. The summed E-state index contributed by atoms with van der Waals surface area (Å²) in [6.07, 6.45) is 5.62. The molecule has 14 heavy (non-hydrogen) atoms. The Labute approximate surface area is 82.7 Å². The highest BCUT2D eigenvalue weighted by atomic mass is 15.4. The minimum atomic E-state index is 0.409. The van der Waals surface area contributed by atoms with Gasteiger partial charge in [-0.15, -0.1) is 9.78 Å². The first-order valence-electron chi connectivity index (χ1n) is 4.82. The number of nitriles is 1. The van der Waals surface area contributed by atoms with Crippen molar-refractivity contribution in [3.8, 4) is 6.19 Å². The van der Waals surface area contributed by atoms with E-state index in [4.69, 9.17) is 11.0 Å². The Kier molecular flexibility index (Phi) is 2.27. The van der Waals surface area contributed by atoms with Gasteiger partial charge >= 0.3 is 0 Å². The molecule has 1 aliphatic heterocycles. The number of aromatic nitrogens is 2. The number of nitrogen functional groups attached to an aromatic ring is 1. The highest BCUT2D eigenvalue weighted by molar-refractivity contribution is 5.49. The van der Waals surface area contributed by atoms with Gasteiger partial charge in [-0.05, 0) is 19.3 Å². The van der Waals surface area contributed by atoms with Gasteiger partial charge in [-0.3, -0.25) is 0 Å². The van der Waals surface area contributed by atoms with Gasteiger partial charge in [0.2, 0.25) is 6.19 Å². The van der Waals surface area contributed by atoms with E-state index in [1.807, 2.05) is 6.19 Å². The smallest absolute Gasteiger partial charge is 0.208 e. The molecule has 0 unspecified atom stereocenters. The molecular weight excluding hydrogens is 178 g/mol. The van der Waals surface area contributed by atoms with E-state index in [-0.39, 0.29) is 0 Å². The van der Waals surface area contributed by atoms with Crippen LogP contribution in [0.15, 0.2) is 6.07 Å². The third kappa shape index (κ3) is 1.51. The molecule has 1 saturated heterocycles. The lowest BCUT2D eigenvalue weighted by Crippen LogP contribution is -2.30. The van der Waals surface area contributed by atoms with Crippen molar-refractivity contribution in [1.29, 1.82) is 5.26 Å². The van der Waals surface area contributed by atoms with Gasteiger partial charge in [0, 0.05) is 19.2 Å². The van der Waals surface area contributed by atoms with Crippen molar-refractivity contribution in [2.75, 3.05) is 23.7 Å². The topological polar surface area (TPSA) is 70.9 Å². The minimum absolute atomic E-state index is 0.409. The number of hydrogen-bond donors (Lipinski definition) is 1. The van der Waals surface area contributed by atoms with E-state index in [2.05, 4.69) is 10.00 Å². The zero-order valence-corrected chi connectivity index (χ0v) is 7.98. The van der Waals surface area contributed by atoms with Crippen molar-refractivity contribution in [3.63, 3.8) is 0 Å². The Morgan fingerprint density at radius 1 is 1.36 bits per heavy atom. The fourth-order valence-electron chi connectivity index (χ4n) is 1.81. The summed E-state index contributed by atoms with van der Waals surface area (Å²) in [5.41, 5.74) is 5.55. The van der Waals surface area contributed by atoms with Crippen LogP contribution in [0.1, 0.15) is 19.3 Å². The van der Waals surface area contributed by atoms with Gasteiger partial charge in [0.15, 0.2) is 0 Å². The van der Waals surface area contributed by atoms with Crippen molar-refractivity contribution in [3.05, 3.63) is 6.07 Å². The molecule has 1 fully saturated rings. The summed E-state index contributed by atoms with van der Waals surface area (Å²) in [4.78, 5) is 2.16. The zero-order valence-electron chi connectivity index (χ0n) is 7.98. The highest BCUT2D eigenvalue weighted by Gasteiger charge is 2.16. The van der Waals surface area contributed by atoms with Crippen LogP contribution in [0.2, 0.25) is 0 Å². The van der Waals surface area contributed by atoms with Gasteiger partial charge in [-0.1, -0.05) is 0 Å². The van der Waals surface area contributed by atoms with Crippen LogP contribution in [0.25, 0.3) is 0 Å². The van der Waals surface area contributed by atoms with Crippen LogP contribution >= 0.6 is 0 Å². The minimum Gasteiger partial charge on any atom is -0.382 e. The third-order valence-electron chi connectivity index (χ3n) is 2.48. The standard InChI is InChI=1S/C9H13N5/c10-7-14-9(6-8(11)12-14)13-4-2-1-3-5-13/h6H,1-5H2,(H2,11,12). The molecule has 74 valence electrons. The van der Waals surface area contributed by atoms with Crippen molar-refractivity contribution in [1.82, 2.24) is 9.78 Å². The molecule has 5 nitrogen and oxygen atoms in total. The summed E-state index contributed by atoms with van der Waals surface area (Å²) in [5, 5.41) is 12.7. The SMILES string of the molecule is N#Cn1nc(N)cc1N1CCCCC1. The number of piperidine rings is 1. The van der Waals surface area contributed by atoms with Crippen molar-refractivity contribution < 1.29 is 0 Å². The van der Waals surface area contributed by atoms with Crippen LogP contribution in [-0.4, -0.2) is 22.9 Å². The van der Waals surface area contributed by atoms with Gasteiger partial charge in [-0.25, -0.2) is 0 Å². The number of nitrogens with two attached hydrogens (primary N) is 1. The van der Waals surface area contributed by atoms with E-state index < -0.39 is 0 Å². The van der Waals surface area contributed by atoms with Crippen molar-refractivity contribution in [2.45, 2.75) is 19.3 Å². The van der Waals surface area contributed by atoms with E-state index in [1.54, 1.807) is 6.07 Å². The molecule has 1 aromatic heterocycles. The second-order valence-corrected chi connectivity index (χ2v) is 3.49. The van der Waals surface area contributed by atoms with E-state index in [1.165, 1.54) is 23.9 Å². The Morgan fingerprint density at radius 3 is 2.71 bits per heavy atom. The molecule has 0 aliphatic carbocycles. The average Bonchev–Trinajstić information content (AvgIpc) is 2.61. The fourth-order valence-corrected chi connectivity index (χ4v) is 1.81. The van der Waals surface area contributed by atoms with Gasteiger partial charge in [-0.2, -0.15) is 5.26 Å². The predicted octanol–water partition coefficient (Wildman–Crippen LogP) is 0.785. The predicted molar refractivity (Wildman–Crippen MR) is 53.7 cm³/mol. The van der Waals surface area contributed by atoms with Crippen LogP contribution in [0, 0.1) is 11.5 Å². The molecule has 0 radical (unpaired) electrons. The van der Waals surface area contributed by atoms with Gasteiger partial charge < -0.3 is 10.6 Å². The number of rotatable bonds is 1. The first kappa shape index (κ1) is 8.88. The quantitative estimate of drug-likeness (QED) is 0.712. The molecule has 1 aliphatic rings. The van der Waals surface area contributed by atoms with Crippen molar-refractivity contribution in [2.24, 2.45) is 0 Å². The van der Waals surface area contributed by atoms with Crippen LogP contribution in [0.4, 0.5) is 11.6 Å². The lowest BCUT2D eigenvalue weighted by Gasteiger charge is -2.27. The van der Waals surface area contributed by atoms with Gasteiger partial charge in [0.05, 0.1) is 0 Å². The monoisotopic (exact) mass is 191 g/mol. The lowest BCUT2D eigenvalue weighted by molar-refractivity contribution is 0.568. The zero-order chi connectivity index (χ0) is 9.97. The summed E-state index contributed by atoms with van der Waals surface area (Å²) in [6, 6.07) is 1.76. The molecule has 0 amide bonds. The van der Waals surface area contributed by atoms with Crippen LogP contribution in [0.3, 0.4) is 0 Å². The first-order valence-corrected chi connectivity index (χ1v) is 4.82. The molecule has 2 rings (SSSR count). The Bertz CT molecular complexity index is 356. The molecule has 0 saturated carbocycles. The van der Waals surface area contributed by atoms with Crippen LogP contribution in [-0.2, 0) is 0 Å². The number of anilines is 2. The Balaban J connectivity index is 2.25. The van der Waals surface area contributed by atoms with Gasteiger partial charge in [0.25, 0.3) is 0 Å². The van der Waals surface area contributed by atoms with Crippen LogP contribution in [0.5, 0.6) is 0 Å². The molecule has 5 heteroatoms.